The Hall–Kier alpha value is -0.440. The van der Waals surface area contributed by atoms with Crippen LogP contribution in [0, 0.1) is 5.92 Å². The third-order valence-corrected chi connectivity index (χ3v) is 3.82. The largest absolute Gasteiger partial charge is 0.241 e. The molecule has 0 aliphatic heterocycles. The molecule has 0 aromatic carbocycles. The Labute approximate surface area is 99.7 Å². The first-order valence-electron chi connectivity index (χ1n) is 5.67. The number of hydrogen-bond donors (Lipinski definition) is 0. The summed E-state index contributed by atoms with van der Waals surface area (Å²) in [5.41, 5.74) is 1.10. The van der Waals surface area contributed by atoms with Crippen LogP contribution in [0.1, 0.15) is 50.0 Å². The lowest BCUT2D eigenvalue weighted by Crippen LogP contribution is -2.13. The lowest BCUT2D eigenvalue weighted by atomic mass is 9.82. The van der Waals surface area contributed by atoms with Gasteiger partial charge in [0.2, 0.25) is 0 Å². The fourth-order valence-corrected chi connectivity index (χ4v) is 2.51. The molecule has 1 aliphatic rings. The molecule has 0 amide bonds. The number of hydrogen-bond acceptors (Lipinski definition) is 2. The zero-order valence-electron chi connectivity index (χ0n) is 9.12. The minimum atomic E-state index is 0.597. The first-order chi connectivity index (χ1) is 7.29. The van der Waals surface area contributed by atoms with Gasteiger partial charge in [-0.15, -0.1) is 0 Å². The Morgan fingerprint density at radius 2 is 2.07 bits per heavy atom. The van der Waals surface area contributed by atoms with Crippen molar-refractivity contribution in [1.29, 1.82) is 0 Å². The number of alkyl halides is 1. The van der Waals surface area contributed by atoms with Crippen molar-refractivity contribution in [1.82, 2.24) is 9.97 Å². The van der Waals surface area contributed by atoms with E-state index >= 15 is 0 Å². The van der Waals surface area contributed by atoms with E-state index in [4.69, 9.17) is 0 Å². The minimum absolute atomic E-state index is 0.597. The first-order valence-corrected chi connectivity index (χ1v) is 6.79. The van der Waals surface area contributed by atoms with Crippen LogP contribution in [0.4, 0.5) is 0 Å². The van der Waals surface area contributed by atoms with Crippen molar-refractivity contribution in [3.05, 3.63) is 23.8 Å². The van der Waals surface area contributed by atoms with Gasteiger partial charge in [-0.05, 0) is 24.8 Å². The molecular weight excluding hydrogens is 252 g/mol. The minimum Gasteiger partial charge on any atom is -0.241 e. The van der Waals surface area contributed by atoms with Gasteiger partial charge in [-0.25, -0.2) is 9.97 Å². The molecule has 15 heavy (non-hydrogen) atoms. The average Bonchev–Trinajstić information content (AvgIpc) is 2.30. The second-order valence-corrected chi connectivity index (χ2v) is 5.06. The van der Waals surface area contributed by atoms with Crippen LogP contribution < -0.4 is 0 Å². The van der Waals surface area contributed by atoms with E-state index in [1.54, 1.807) is 0 Å². The summed E-state index contributed by atoms with van der Waals surface area (Å²) >= 11 is 3.43. The van der Waals surface area contributed by atoms with Crippen LogP contribution in [0.15, 0.2) is 12.3 Å². The molecule has 0 saturated heterocycles. The molecule has 0 atom stereocenters. The second-order valence-electron chi connectivity index (χ2n) is 4.50. The average molecular weight is 269 g/mol. The molecule has 2 rings (SSSR count). The van der Waals surface area contributed by atoms with Gasteiger partial charge in [-0.1, -0.05) is 35.7 Å². The molecule has 1 aromatic heterocycles. The summed E-state index contributed by atoms with van der Waals surface area (Å²) in [7, 11) is 0. The number of rotatable bonds is 2. The van der Waals surface area contributed by atoms with Gasteiger partial charge in [0.15, 0.2) is 0 Å². The summed E-state index contributed by atoms with van der Waals surface area (Å²) in [5.74, 6) is 2.54. The SMILES string of the molecule is CC1CCC(c2nccc(CBr)n2)CC1. The zero-order valence-corrected chi connectivity index (χ0v) is 10.7. The van der Waals surface area contributed by atoms with E-state index in [0.29, 0.717) is 5.92 Å². The van der Waals surface area contributed by atoms with Crippen LogP contribution in [0.25, 0.3) is 0 Å². The lowest BCUT2D eigenvalue weighted by molar-refractivity contribution is 0.339. The van der Waals surface area contributed by atoms with Gasteiger partial charge < -0.3 is 0 Å². The van der Waals surface area contributed by atoms with E-state index in [0.717, 1.165) is 22.8 Å². The highest BCUT2D eigenvalue weighted by atomic mass is 79.9. The number of nitrogens with zero attached hydrogens (tertiary/aromatic N) is 2. The summed E-state index contributed by atoms with van der Waals surface area (Å²) in [6.45, 7) is 2.34. The van der Waals surface area contributed by atoms with Crippen LogP contribution in [0.5, 0.6) is 0 Å². The van der Waals surface area contributed by atoms with Crippen molar-refractivity contribution in [2.75, 3.05) is 0 Å². The summed E-state index contributed by atoms with van der Waals surface area (Å²) in [5, 5.41) is 0.825. The predicted molar refractivity (Wildman–Crippen MR) is 65.0 cm³/mol. The molecule has 1 saturated carbocycles. The van der Waals surface area contributed by atoms with Crippen LogP contribution >= 0.6 is 15.9 Å². The standard InChI is InChI=1S/C12H17BrN2/c1-9-2-4-10(5-3-9)12-14-7-6-11(8-13)15-12/h6-7,9-10H,2-5,8H2,1H3. The van der Waals surface area contributed by atoms with Gasteiger partial charge in [0.05, 0.1) is 5.69 Å². The maximum absolute atomic E-state index is 4.58. The fourth-order valence-electron chi connectivity index (χ4n) is 2.20. The summed E-state index contributed by atoms with van der Waals surface area (Å²) in [6.07, 6.45) is 7.05. The van der Waals surface area contributed by atoms with Crippen LogP contribution in [-0.4, -0.2) is 9.97 Å². The molecule has 1 heterocycles. The van der Waals surface area contributed by atoms with Gasteiger partial charge in [0.25, 0.3) is 0 Å². The summed E-state index contributed by atoms with van der Waals surface area (Å²) in [4.78, 5) is 8.99. The van der Waals surface area contributed by atoms with Crippen molar-refractivity contribution < 1.29 is 0 Å². The van der Waals surface area contributed by atoms with Crippen molar-refractivity contribution in [2.45, 2.75) is 43.9 Å². The van der Waals surface area contributed by atoms with Crippen molar-refractivity contribution in [3.8, 4) is 0 Å². The maximum atomic E-state index is 4.58. The second kappa shape index (κ2) is 5.06. The van der Waals surface area contributed by atoms with E-state index in [2.05, 4.69) is 32.8 Å². The predicted octanol–water partition coefficient (Wildman–Crippen LogP) is 3.67. The van der Waals surface area contributed by atoms with E-state index in [9.17, 15) is 0 Å². The highest BCUT2D eigenvalue weighted by molar-refractivity contribution is 9.08. The van der Waals surface area contributed by atoms with Gasteiger partial charge in [0, 0.05) is 17.4 Å². The molecule has 0 N–H and O–H groups in total. The molecule has 1 aromatic rings. The van der Waals surface area contributed by atoms with E-state index in [-0.39, 0.29) is 0 Å². The smallest absolute Gasteiger partial charge is 0.131 e. The lowest BCUT2D eigenvalue weighted by Gasteiger charge is -2.24. The molecule has 0 spiro atoms. The molecular formula is C12H17BrN2. The summed E-state index contributed by atoms with van der Waals surface area (Å²) < 4.78 is 0. The quantitative estimate of drug-likeness (QED) is 0.765. The molecule has 1 fully saturated rings. The molecule has 0 unspecified atom stereocenters. The van der Waals surface area contributed by atoms with Crippen molar-refractivity contribution >= 4 is 15.9 Å². The molecule has 3 heteroatoms. The Morgan fingerprint density at radius 1 is 1.33 bits per heavy atom. The molecule has 82 valence electrons. The van der Waals surface area contributed by atoms with E-state index < -0.39 is 0 Å². The third kappa shape index (κ3) is 2.77. The van der Waals surface area contributed by atoms with E-state index in [1.807, 2.05) is 12.3 Å². The van der Waals surface area contributed by atoms with Crippen LogP contribution in [0.3, 0.4) is 0 Å². The maximum Gasteiger partial charge on any atom is 0.131 e. The number of aromatic nitrogens is 2. The van der Waals surface area contributed by atoms with Gasteiger partial charge >= 0.3 is 0 Å². The number of halogens is 1. The molecule has 0 radical (unpaired) electrons. The summed E-state index contributed by atoms with van der Waals surface area (Å²) in [6, 6.07) is 1.98. The molecule has 1 aliphatic carbocycles. The highest BCUT2D eigenvalue weighted by Crippen LogP contribution is 2.33. The highest BCUT2D eigenvalue weighted by Gasteiger charge is 2.21. The van der Waals surface area contributed by atoms with Gasteiger partial charge in [0.1, 0.15) is 5.82 Å². The van der Waals surface area contributed by atoms with Crippen molar-refractivity contribution in [2.24, 2.45) is 5.92 Å². The Balaban J connectivity index is 2.08. The topological polar surface area (TPSA) is 25.8 Å². The van der Waals surface area contributed by atoms with Crippen LogP contribution in [0.2, 0.25) is 0 Å². The Morgan fingerprint density at radius 3 is 2.73 bits per heavy atom. The Bertz CT molecular complexity index is 319. The fraction of sp³-hybridized carbons (Fsp3) is 0.667. The first kappa shape index (κ1) is 11.1. The van der Waals surface area contributed by atoms with Crippen molar-refractivity contribution in [3.63, 3.8) is 0 Å². The zero-order chi connectivity index (χ0) is 10.7. The molecule has 0 bridgehead atoms. The third-order valence-electron chi connectivity index (χ3n) is 3.25. The normalized spacial score (nSPS) is 26.5. The van der Waals surface area contributed by atoms with Crippen LogP contribution in [-0.2, 0) is 5.33 Å². The Kier molecular flexibility index (Phi) is 3.73. The van der Waals surface area contributed by atoms with Gasteiger partial charge in [-0.2, -0.15) is 0 Å². The molecule has 2 nitrogen and oxygen atoms in total. The van der Waals surface area contributed by atoms with E-state index in [1.165, 1.54) is 25.7 Å². The monoisotopic (exact) mass is 268 g/mol. The van der Waals surface area contributed by atoms with Gasteiger partial charge in [-0.3, -0.25) is 0 Å².